The van der Waals surface area contributed by atoms with E-state index >= 15 is 0 Å². The van der Waals surface area contributed by atoms with Crippen LogP contribution in [0.5, 0.6) is 0 Å². The Balaban J connectivity index is 1.69. The van der Waals surface area contributed by atoms with Crippen molar-refractivity contribution >= 4 is 68.1 Å². The molecule has 2 aromatic carbocycles. The zero-order valence-corrected chi connectivity index (χ0v) is 17.9. The third kappa shape index (κ3) is 4.90. The molecule has 0 bridgehead atoms. The summed E-state index contributed by atoms with van der Waals surface area (Å²) in [6.45, 7) is 1.94. The summed E-state index contributed by atoms with van der Waals surface area (Å²) in [5.74, 6) is 0.121. The Hall–Kier alpha value is -1.86. The second kappa shape index (κ2) is 8.44. The molecule has 0 saturated carbocycles. The predicted octanol–water partition coefficient (Wildman–Crippen LogP) is 6.45. The van der Waals surface area contributed by atoms with Crippen LogP contribution in [0.2, 0.25) is 10.0 Å². The van der Waals surface area contributed by atoms with Crippen LogP contribution < -0.4 is 10.6 Å². The molecule has 0 atom stereocenters. The first kappa shape index (κ1) is 19.9. The van der Waals surface area contributed by atoms with E-state index in [1.54, 1.807) is 30.3 Å². The molecule has 0 saturated heterocycles. The number of benzene rings is 2. The van der Waals surface area contributed by atoms with Gasteiger partial charge in [0.15, 0.2) is 10.9 Å². The second-order valence-corrected chi connectivity index (χ2v) is 7.82. The standard InChI is InChI=1S/C19H13BrCl2N2O2S/c1-10-8-11(20)2-5-15(10)23-19(27)24-18(25)17-7-6-16(26-17)13-4-3-12(21)9-14(13)22/h2-9H,1H3,(H2,23,24,25,27). The van der Waals surface area contributed by atoms with Gasteiger partial charge in [0, 0.05) is 20.7 Å². The highest BCUT2D eigenvalue weighted by Crippen LogP contribution is 2.31. The second-order valence-electron chi connectivity index (χ2n) is 5.66. The molecule has 0 unspecified atom stereocenters. The number of halogens is 3. The maximum absolute atomic E-state index is 12.4. The van der Waals surface area contributed by atoms with Crippen molar-refractivity contribution in [1.82, 2.24) is 5.32 Å². The number of hydrogen-bond acceptors (Lipinski definition) is 3. The highest BCUT2D eigenvalue weighted by molar-refractivity contribution is 9.10. The van der Waals surface area contributed by atoms with Gasteiger partial charge in [0.05, 0.1) is 5.02 Å². The molecule has 27 heavy (non-hydrogen) atoms. The Morgan fingerprint density at radius 2 is 1.89 bits per heavy atom. The maximum Gasteiger partial charge on any atom is 0.293 e. The van der Waals surface area contributed by atoms with E-state index in [9.17, 15) is 4.79 Å². The molecular formula is C19H13BrCl2N2O2S. The Bertz CT molecular complexity index is 1040. The van der Waals surface area contributed by atoms with E-state index in [1.165, 1.54) is 0 Å². The lowest BCUT2D eigenvalue weighted by molar-refractivity contribution is 0.0951. The number of nitrogens with one attached hydrogen (secondary N) is 2. The lowest BCUT2D eigenvalue weighted by Gasteiger charge is -2.11. The highest BCUT2D eigenvalue weighted by atomic mass is 79.9. The van der Waals surface area contributed by atoms with Crippen LogP contribution in [0.3, 0.4) is 0 Å². The van der Waals surface area contributed by atoms with Crippen LogP contribution in [0.15, 0.2) is 57.4 Å². The van der Waals surface area contributed by atoms with Crippen molar-refractivity contribution in [2.45, 2.75) is 6.92 Å². The maximum atomic E-state index is 12.4. The lowest BCUT2D eigenvalue weighted by Crippen LogP contribution is -2.34. The molecule has 8 heteroatoms. The molecule has 0 radical (unpaired) electrons. The number of anilines is 1. The van der Waals surface area contributed by atoms with Crippen molar-refractivity contribution in [3.8, 4) is 11.3 Å². The first-order valence-electron chi connectivity index (χ1n) is 7.77. The molecule has 138 valence electrons. The van der Waals surface area contributed by atoms with E-state index in [-0.39, 0.29) is 10.9 Å². The normalized spacial score (nSPS) is 10.5. The molecule has 1 heterocycles. The summed E-state index contributed by atoms with van der Waals surface area (Å²) in [6.07, 6.45) is 0. The number of carbonyl (C=O) groups is 1. The number of aryl methyl sites for hydroxylation is 1. The summed E-state index contributed by atoms with van der Waals surface area (Å²) >= 11 is 20.7. The van der Waals surface area contributed by atoms with Gasteiger partial charge in [-0.05, 0) is 73.2 Å². The van der Waals surface area contributed by atoms with E-state index in [0.717, 1.165) is 15.7 Å². The van der Waals surface area contributed by atoms with Gasteiger partial charge in [0.25, 0.3) is 5.91 Å². The van der Waals surface area contributed by atoms with Gasteiger partial charge in [-0.3, -0.25) is 10.1 Å². The lowest BCUT2D eigenvalue weighted by atomic mass is 10.2. The zero-order valence-electron chi connectivity index (χ0n) is 14.0. The van der Waals surface area contributed by atoms with Crippen LogP contribution >= 0.6 is 51.3 Å². The topological polar surface area (TPSA) is 54.3 Å². The van der Waals surface area contributed by atoms with Crippen LogP contribution in [-0.4, -0.2) is 11.0 Å². The third-order valence-electron chi connectivity index (χ3n) is 3.69. The van der Waals surface area contributed by atoms with Crippen LogP contribution in [0.1, 0.15) is 16.1 Å². The SMILES string of the molecule is Cc1cc(Br)ccc1NC(=S)NC(=O)c1ccc(-c2ccc(Cl)cc2Cl)o1. The minimum absolute atomic E-state index is 0.118. The monoisotopic (exact) mass is 482 g/mol. The summed E-state index contributed by atoms with van der Waals surface area (Å²) in [4.78, 5) is 12.4. The van der Waals surface area contributed by atoms with Crippen LogP contribution in [-0.2, 0) is 0 Å². The summed E-state index contributed by atoms with van der Waals surface area (Å²) in [5.41, 5.74) is 2.43. The van der Waals surface area contributed by atoms with Crippen molar-refractivity contribution in [3.63, 3.8) is 0 Å². The van der Waals surface area contributed by atoms with Crippen molar-refractivity contribution in [2.75, 3.05) is 5.32 Å². The van der Waals surface area contributed by atoms with Gasteiger partial charge in [-0.25, -0.2) is 0 Å². The largest absolute Gasteiger partial charge is 0.451 e. The Morgan fingerprint density at radius 3 is 2.59 bits per heavy atom. The number of thiocarbonyl (C=S) groups is 1. The number of furan rings is 1. The molecule has 3 rings (SSSR count). The predicted molar refractivity (Wildman–Crippen MR) is 117 cm³/mol. The van der Waals surface area contributed by atoms with E-state index in [4.69, 9.17) is 39.8 Å². The van der Waals surface area contributed by atoms with Crippen LogP contribution in [0.4, 0.5) is 5.69 Å². The van der Waals surface area contributed by atoms with Gasteiger partial charge >= 0.3 is 0 Å². The van der Waals surface area contributed by atoms with Gasteiger partial charge in [-0.15, -0.1) is 0 Å². The van der Waals surface area contributed by atoms with E-state index < -0.39 is 5.91 Å². The van der Waals surface area contributed by atoms with Crippen molar-refractivity contribution in [1.29, 1.82) is 0 Å². The van der Waals surface area contributed by atoms with E-state index in [2.05, 4.69) is 26.6 Å². The van der Waals surface area contributed by atoms with Gasteiger partial charge in [0.1, 0.15) is 5.76 Å². The number of carbonyl (C=O) groups excluding carboxylic acids is 1. The minimum Gasteiger partial charge on any atom is -0.451 e. The van der Waals surface area contributed by atoms with Crippen molar-refractivity contribution < 1.29 is 9.21 Å². The molecule has 1 aromatic heterocycles. The number of hydrogen-bond donors (Lipinski definition) is 2. The smallest absolute Gasteiger partial charge is 0.293 e. The summed E-state index contributed by atoms with van der Waals surface area (Å²) in [7, 11) is 0. The number of rotatable bonds is 3. The Kier molecular flexibility index (Phi) is 6.22. The average molecular weight is 484 g/mol. The molecule has 3 aromatic rings. The van der Waals surface area contributed by atoms with E-state index in [1.807, 2.05) is 25.1 Å². The number of amides is 1. The summed E-state index contributed by atoms with van der Waals surface area (Å²) in [6, 6.07) is 14.0. The third-order valence-corrected chi connectivity index (χ3v) is 4.94. The summed E-state index contributed by atoms with van der Waals surface area (Å²) in [5, 5.41) is 6.72. The van der Waals surface area contributed by atoms with Crippen molar-refractivity contribution in [3.05, 3.63) is 74.4 Å². The van der Waals surface area contributed by atoms with Crippen LogP contribution in [0.25, 0.3) is 11.3 Å². The first-order chi connectivity index (χ1) is 12.8. The average Bonchev–Trinajstić information content (AvgIpc) is 3.07. The quantitative estimate of drug-likeness (QED) is 0.420. The minimum atomic E-state index is -0.460. The molecule has 1 amide bonds. The fourth-order valence-electron chi connectivity index (χ4n) is 2.38. The van der Waals surface area contributed by atoms with Gasteiger partial charge in [-0.2, -0.15) is 0 Å². The molecule has 4 nitrogen and oxygen atoms in total. The van der Waals surface area contributed by atoms with Crippen molar-refractivity contribution in [2.24, 2.45) is 0 Å². The molecular weight excluding hydrogens is 471 g/mol. The molecule has 0 aliphatic rings. The first-order valence-corrected chi connectivity index (χ1v) is 9.73. The summed E-state index contributed by atoms with van der Waals surface area (Å²) < 4.78 is 6.57. The molecule has 2 N–H and O–H groups in total. The highest BCUT2D eigenvalue weighted by Gasteiger charge is 2.15. The Labute approximate surface area is 180 Å². The van der Waals surface area contributed by atoms with Gasteiger partial charge in [-0.1, -0.05) is 39.1 Å². The van der Waals surface area contributed by atoms with Gasteiger partial charge < -0.3 is 9.73 Å². The fourth-order valence-corrected chi connectivity index (χ4v) is 3.56. The Morgan fingerprint density at radius 1 is 1.11 bits per heavy atom. The fraction of sp³-hybridized carbons (Fsp3) is 0.0526. The molecule has 0 fully saturated rings. The molecule has 0 spiro atoms. The molecule has 0 aliphatic carbocycles. The molecule has 0 aliphatic heterocycles. The van der Waals surface area contributed by atoms with Gasteiger partial charge in [0.2, 0.25) is 0 Å². The van der Waals surface area contributed by atoms with E-state index in [0.29, 0.717) is 21.4 Å². The zero-order chi connectivity index (χ0) is 19.6. The van der Waals surface area contributed by atoms with Crippen LogP contribution in [0, 0.1) is 6.92 Å².